The molecular weight excluding hydrogens is 246 g/mol. The molecule has 0 saturated heterocycles. The summed E-state index contributed by atoms with van der Waals surface area (Å²) in [6, 6.07) is 6.43. The molecule has 0 bridgehead atoms. The molecule has 1 rings (SSSR count). The third kappa shape index (κ3) is 4.79. The zero-order valence-electron chi connectivity index (χ0n) is 11.8. The number of nitrogens with one attached hydrogen (secondary N) is 1. The van der Waals surface area contributed by atoms with Crippen LogP contribution in [0.3, 0.4) is 0 Å². The van der Waals surface area contributed by atoms with Gasteiger partial charge in [-0.15, -0.1) is 0 Å². The summed E-state index contributed by atoms with van der Waals surface area (Å²) in [5.74, 6) is -0.171. The maximum atomic E-state index is 11.3. The molecule has 1 unspecified atom stereocenters. The van der Waals surface area contributed by atoms with Gasteiger partial charge in [-0.3, -0.25) is 0 Å². The number of anilines is 1. The Morgan fingerprint density at radius 2 is 1.89 bits per heavy atom. The number of benzene rings is 1. The lowest BCUT2D eigenvalue weighted by molar-refractivity contribution is -0.139. The molecule has 0 aliphatic carbocycles. The lowest BCUT2D eigenvalue weighted by Crippen LogP contribution is -2.38. The highest BCUT2D eigenvalue weighted by atomic mass is 16.5. The quantitative estimate of drug-likeness (QED) is 0.794. The average molecular weight is 267 g/mol. The van der Waals surface area contributed by atoms with Crippen molar-refractivity contribution in [2.45, 2.75) is 31.9 Å². The summed E-state index contributed by atoms with van der Waals surface area (Å²) in [5, 5.41) is 12.2. The fourth-order valence-corrected chi connectivity index (χ4v) is 1.66. The van der Waals surface area contributed by atoms with Crippen LogP contribution in [-0.2, 0) is 9.53 Å². The van der Waals surface area contributed by atoms with E-state index in [1.54, 1.807) is 38.5 Å². The maximum Gasteiger partial charge on any atom is 0.326 e. The average Bonchev–Trinajstić information content (AvgIpc) is 2.38. The van der Waals surface area contributed by atoms with Crippen LogP contribution in [0.25, 0.3) is 0 Å². The molecule has 0 amide bonds. The van der Waals surface area contributed by atoms with Gasteiger partial charge in [-0.05, 0) is 38.1 Å². The number of carboxylic acids is 1. The molecule has 5 nitrogen and oxygen atoms in total. The molecule has 0 aromatic heterocycles. The highest BCUT2D eigenvalue weighted by Gasteiger charge is 2.27. The van der Waals surface area contributed by atoms with E-state index >= 15 is 0 Å². The topological polar surface area (TPSA) is 67.8 Å². The van der Waals surface area contributed by atoms with E-state index < -0.39 is 17.6 Å². The van der Waals surface area contributed by atoms with Gasteiger partial charge in [0.2, 0.25) is 0 Å². The van der Waals surface area contributed by atoms with Gasteiger partial charge in [-0.25, -0.2) is 4.79 Å². The minimum absolute atomic E-state index is 0.366. The summed E-state index contributed by atoms with van der Waals surface area (Å²) in [6.07, 6.45) is 0.366. The molecule has 1 aromatic rings. The number of ether oxygens (including phenoxy) is 2. The summed E-state index contributed by atoms with van der Waals surface area (Å²) in [7, 11) is 3.16. The Morgan fingerprint density at radius 3 is 2.32 bits per heavy atom. The van der Waals surface area contributed by atoms with Crippen LogP contribution in [0.2, 0.25) is 0 Å². The van der Waals surface area contributed by atoms with E-state index in [9.17, 15) is 9.90 Å². The van der Waals surface area contributed by atoms with E-state index in [4.69, 9.17) is 9.47 Å². The van der Waals surface area contributed by atoms with Gasteiger partial charge in [0.25, 0.3) is 0 Å². The SMILES string of the molecule is COc1ccc(NC(CC(C)(C)OC)C(=O)O)cc1. The van der Waals surface area contributed by atoms with Crippen molar-refractivity contribution >= 4 is 11.7 Å². The monoisotopic (exact) mass is 267 g/mol. The van der Waals surface area contributed by atoms with Crippen LogP contribution in [0, 0.1) is 0 Å². The van der Waals surface area contributed by atoms with Crippen molar-refractivity contribution < 1.29 is 19.4 Å². The molecule has 0 fully saturated rings. The first-order valence-electron chi connectivity index (χ1n) is 6.06. The highest BCUT2D eigenvalue weighted by Crippen LogP contribution is 2.21. The van der Waals surface area contributed by atoms with E-state index in [0.717, 1.165) is 11.4 Å². The Morgan fingerprint density at radius 1 is 1.32 bits per heavy atom. The molecule has 1 aromatic carbocycles. The molecule has 2 N–H and O–H groups in total. The van der Waals surface area contributed by atoms with Crippen molar-refractivity contribution in [3.8, 4) is 5.75 Å². The summed E-state index contributed by atoms with van der Waals surface area (Å²) in [5.41, 5.74) is 0.239. The van der Waals surface area contributed by atoms with E-state index in [-0.39, 0.29) is 0 Å². The van der Waals surface area contributed by atoms with Crippen LogP contribution < -0.4 is 10.1 Å². The van der Waals surface area contributed by atoms with Gasteiger partial charge in [-0.1, -0.05) is 0 Å². The molecule has 0 heterocycles. The Kier molecular flexibility index (Phi) is 5.18. The van der Waals surface area contributed by atoms with Gasteiger partial charge in [0.05, 0.1) is 12.7 Å². The molecule has 5 heteroatoms. The Balaban J connectivity index is 2.75. The number of carbonyl (C=O) groups is 1. The van der Waals surface area contributed by atoms with Gasteiger partial charge in [-0.2, -0.15) is 0 Å². The van der Waals surface area contributed by atoms with E-state index in [1.807, 2.05) is 13.8 Å². The lowest BCUT2D eigenvalue weighted by atomic mass is 9.98. The van der Waals surface area contributed by atoms with E-state index in [0.29, 0.717) is 6.42 Å². The smallest absolute Gasteiger partial charge is 0.326 e. The summed E-state index contributed by atoms with van der Waals surface area (Å²) in [4.78, 5) is 11.3. The standard InChI is InChI=1S/C14H21NO4/c1-14(2,19-4)9-12(13(16)17)15-10-5-7-11(18-3)8-6-10/h5-8,12,15H,9H2,1-4H3,(H,16,17). The first-order chi connectivity index (χ1) is 8.88. The fourth-order valence-electron chi connectivity index (χ4n) is 1.66. The number of hydrogen-bond donors (Lipinski definition) is 2. The van der Waals surface area contributed by atoms with Crippen LogP contribution >= 0.6 is 0 Å². The summed E-state index contributed by atoms with van der Waals surface area (Å²) in [6.45, 7) is 3.72. The van der Waals surface area contributed by atoms with Gasteiger partial charge < -0.3 is 19.9 Å². The van der Waals surface area contributed by atoms with E-state index in [2.05, 4.69) is 5.32 Å². The van der Waals surface area contributed by atoms with Crippen LogP contribution in [-0.4, -0.2) is 36.9 Å². The van der Waals surface area contributed by atoms with Crippen LogP contribution in [0.5, 0.6) is 5.75 Å². The van der Waals surface area contributed by atoms with Gasteiger partial charge in [0, 0.05) is 19.2 Å². The van der Waals surface area contributed by atoms with E-state index in [1.165, 1.54) is 0 Å². The number of hydrogen-bond acceptors (Lipinski definition) is 4. The predicted octanol–water partition coefficient (Wildman–Crippen LogP) is 2.38. The van der Waals surface area contributed by atoms with Crippen molar-refractivity contribution in [2.24, 2.45) is 0 Å². The second-order valence-corrected chi connectivity index (χ2v) is 4.93. The van der Waals surface area contributed by atoms with Gasteiger partial charge in [0.1, 0.15) is 11.8 Å². The number of aliphatic carboxylic acids is 1. The zero-order chi connectivity index (χ0) is 14.5. The predicted molar refractivity (Wildman–Crippen MR) is 73.7 cm³/mol. The first kappa shape index (κ1) is 15.3. The third-order valence-electron chi connectivity index (χ3n) is 2.98. The molecule has 0 radical (unpaired) electrons. The minimum atomic E-state index is -0.902. The summed E-state index contributed by atoms with van der Waals surface area (Å²) >= 11 is 0. The van der Waals surface area contributed by atoms with Crippen molar-refractivity contribution in [3.05, 3.63) is 24.3 Å². The Hall–Kier alpha value is -1.75. The minimum Gasteiger partial charge on any atom is -0.497 e. The molecule has 0 aliphatic heterocycles. The Labute approximate surface area is 113 Å². The Bertz CT molecular complexity index is 414. The molecule has 1 atom stereocenters. The van der Waals surface area contributed by atoms with Crippen LogP contribution in [0.15, 0.2) is 24.3 Å². The normalized spacial score (nSPS) is 12.8. The second kappa shape index (κ2) is 6.43. The second-order valence-electron chi connectivity index (χ2n) is 4.93. The van der Waals surface area contributed by atoms with Crippen molar-refractivity contribution in [1.29, 1.82) is 0 Å². The van der Waals surface area contributed by atoms with Gasteiger partial charge >= 0.3 is 5.97 Å². The molecule has 0 spiro atoms. The van der Waals surface area contributed by atoms with Crippen molar-refractivity contribution in [3.63, 3.8) is 0 Å². The lowest BCUT2D eigenvalue weighted by Gasteiger charge is -2.27. The van der Waals surface area contributed by atoms with Crippen LogP contribution in [0.1, 0.15) is 20.3 Å². The molecule has 0 saturated carbocycles. The largest absolute Gasteiger partial charge is 0.497 e. The molecule has 0 aliphatic rings. The van der Waals surface area contributed by atoms with Crippen LogP contribution in [0.4, 0.5) is 5.69 Å². The number of methoxy groups -OCH3 is 2. The number of rotatable bonds is 7. The third-order valence-corrected chi connectivity index (χ3v) is 2.98. The fraction of sp³-hybridized carbons (Fsp3) is 0.500. The van der Waals surface area contributed by atoms with Crippen molar-refractivity contribution in [1.82, 2.24) is 0 Å². The number of carboxylic acid groups (broad SMARTS) is 1. The first-order valence-corrected chi connectivity index (χ1v) is 6.06. The maximum absolute atomic E-state index is 11.3. The summed E-state index contributed by atoms with van der Waals surface area (Å²) < 4.78 is 10.3. The molecule has 19 heavy (non-hydrogen) atoms. The van der Waals surface area contributed by atoms with Crippen molar-refractivity contribution in [2.75, 3.05) is 19.5 Å². The molecular formula is C14H21NO4. The van der Waals surface area contributed by atoms with Gasteiger partial charge in [0.15, 0.2) is 0 Å². The molecule has 106 valence electrons. The highest BCUT2D eigenvalue weighted by molar-refractivity contribution is 5.77. The zero-order valence-corrected chi connectivity index (χ0v) is 11.8.